The van der Waals surface area contributed by atoms with Crippen molar-refractivity contribution in [3.63, 3.8) is 0 Å². The summed E-state index contributed by atoms with van der Waals surface area (Å²) in [6.45, 7) is 0. The van der Waals surface area contributed by atoms with E-state index >= 15 is 0 Å². The van der Waals surface area contributed by atoms with E-state index in [-0.39, 0.29) is 5.75 Å². The molecule has 1 heterocycles. The number of phenols is 1. The molecule has 0 saturated carbocycles. The van der Waals surface area contributed by atoms with Gasteiger partial charge in [-0.1, -0.05) is 6.07 Å². The van der Waals surface area contributed by atoms with Gasteiger partial charge in [-0.3, -0.25) is 4.98 Å². The Labute approximate surface area is 98.3 Å². The average Bonchev–Trinajstić information content (AvgIpc) is 2.32. The van der Waals surface area contributed by atoms with E-state index < -0.39 is 0 Å². The van der Waals surface area contributed by atoms with Crippen molar-refractivity contribution >= 4 is 17.4 Å². The third kappa shape index (κ3) is 2.67. The molecule has 0 spiro atoms. The molecule has 4 heteroatoms. The van der Waals surface area contributed by atoms with Crippen molar-refractivity contribution in [3.05, 3.63) is 48.3 Å². The molecular weight excluding hydrogens is 220 g/mol. The molecule has 1 aromatic heterocycles. The Morgan fingerprint density at radius 2 is 1.94 bits per heavy atom. The number of nitrogens with zero attached hydrogens (tertiary/aromatic N) is 1. The van der Waals surface area contributed by atoms with Gasteiger partial charge in [0.05, 0.1) is 5.69 Å². The Morgan fingerprint density at radius 3 is 2.62 bits per heavy atom. The van der Waals surface area contributed by atoms with Crippen LogP contribution in [0.1, 0.15) is 5.56 Å². The quantitative estimate of drug-likeness (QED) is 0.485. The van der Waals surface area contributed by atoms with Crippen molar-refractivity contribution in [2.24, 2.45) is 0 Å². The summed E-state index contributed by atoms with van der Waals surface area (Å²) in [4.78, 5) is 5.13. The summed E-state index contributed by atoms with van der Waals surface area (Å²) in [7, 11) is 0. The van der Waals surface area contributed by atoms with Gasteiger partial charge in [-0.2, -0.15) is 0 Å². The third-order valence-corrected chi connectivity index (χ3v) is 3.23. The second kappa shape index (κ2) is 4.90. The molecular formula is C12H12N2OS. The number of hydrogen-bond donors (Lipinski definition) is 2. The maximum Gasteiger partial charge on any atom is 0.138 e. The molecule has 0 aliphatic heterocycles. The summed E-state index contributed by atoms with van der Waals surface area (Å²) in [6.07, 6.45) is 3.54. The SMILES string of the molecule is Nc1cc(CSc2ccncc2)ccc1O. The minimum absolute atomic E-state index is 0.137. The summed E-state index contributed by atoms with van der Waals surface area (Å²) >= 11 is 1.71. The fourth-order valence-electron chi connectivity index (χ4n) is 1.29. The summed E-state index contributed by atoms with van der Waals surface area (Å²) in [6, 6.07) is 9.23. The lowest BCUT2D eigenvalue weighted by Gasteiger charge is -2.04. The van der Waals surface area contributed by atoms with Crippen molar-refractivity contribution in [2.45, 2.75) is 10.6 Å². The monoisotopic (exact) mass is 232 g/mol. The van der Waals surface area contributed by atoms with E-state index in [1.165, 1.54) is 4.90 Å². The fraction of sp³-hybridized carbons (Fsp3) is 0.0833. The van der Waals surface area contributed by atoms with Crippen molar-refractivity contribution in [3.8, 4) is 5.75 Å². The van der Waals surface area contributed by atoms with Gasteiger partial charge in [0.25, 0.3) is 0 Å². The number of rotatable bonds is 3. The number of anilines is 1. The number of hydrogen-bond acceptors (Lipinski definition) is 4. The second-order valence-electron chi connectivity index (χ2n) is 3.36. The van der Waals surface area contributed by atoms with Gasteiger partial charge in [0, 0.05) is 23.0 Å². The van der Waals surface area contributed by atoms with Gasteiger partial charge >= 0.3 is 0 Å². The van der Waals surface area contributed by atoms with Crippen molar-refractivity contribution in [2.75, 3.05) is 5.73 Å². The van der Waals surface area contributed by atoms with Crippen LogP contribution in [0.5, 0.6) is 5.75 Å². The largest absolute Gasteiger partial charge is 0.506 e. The smallest absolute Gasteiger partial charge is 0.138 e. The number of aromatic nitrogens is 1. The van der Waals surface area contributed by atoms with Crippen molar-refractivity contribution in [1.29, 1.82) is 0 Å². The van der Waals surface area contributed by atoms with Gasteiger partial charge in [-0.15, -0.1) is 11.8 Å². The molecule has 0 saturated heterocycles. The Kier molecular flexibility index (Phi) is 3.31. The molecule has 0 bridgehead atoms. The Morgan fingerprint density at radius 1 is 1.19 bits per heavy atom. The fourth-order valence-corrected chi connectivity index (χ4v) is 2.12. The van der Waals surface area contributed by atoms with E-state index in [1.807, 2.05) is 18.2 Å². The summed E-state index contributed by atoms with van der Waals surface area (Å²) in [5.74, 6) is 0.965. The van der Waals surface area contributed by atoms with Crippen LogP contribution in [-0.2, 0) is 5.75 Å². The zero-order chi connectivity index (χ0) is 11.4. The van der Waals surface area contributed by atoms with Crippen LogP contribution >= 0.6 is 11.8 Å². The maximum atomic E-state index is 9.29. The molecule has 3 nitrogen and oxygen atoms in total. The number of nitrogens with two attached hydrogens (primary N) is 1. The highest BCUT2D eigenvalue weighted by molar-refractivity contribution is 7.98. The van der Waals surface area contributed by atoms with Crippen LogP contribution in [0.4, 0.5) is 5.69 Å². The molecule has 2 aromatic rings. The van der Waals surface area contributed by atoms with Gasteiger partial charge in [0.15, 0.2) is 0 Å². The lowest BCUT2D eigenvalue weighted by Crippen LogP contribution is -1.88. The van der Waals surface area contributed by atoms with E-state index in [4.69, 9.17) is 5.73 Å². The van der Waals surface area contributed by atoms with E-state index in [0.29, 0.717) is 5.69 Å². The van der Waals surface area contributed by atoms with Gasteiger partial charge in [0.2, 0.25) is 0 Å². The minimum Gasteiger partial charge on any atom is -0.506 e. The van der Waals surface area contributed by atoms with Gasteiger partial charge < -0.3 is 10.8 Å². The van der Waals surface area contributed by atoms with Crippen LogP contribution in [0.15, 0.2) is 47.6 Å². The predicted octanol–water partition coefficient (Wildman–Crippen LogP) is 2.66. The van der Waals surface area contributed by atoms with Gasteiger partial charge in [-0.25, -0.2) is 0 Å². The number of benzene rings is 1. The van der Waals surface area contributed by atoms with Crippen LogP contribution in [0.2, 0.25) is 0 Å². The molecule has 2 rings (SSSR count). The molecule has 16 heavy (non-hydrogen) atoms. The van der Waals surface area contributed by atoms with Gasteiger partial charge in [-0.05, 0) is 29.8 Å². The standard InChI is InChI=1S/C12H12N2OS/c13-11-7-9(1-2-12(11)15)8-16-10-3-5-14-6-4-10/h1-7,15H,8,13H2. The first kappa shape index (κ1) is 10.8. The summed E-state index contributed by atoms with van der Waals surface area (Å²) in [5.41, 5.74) is 7.14. The lowest BCUT2D eigenvalue weighted by atomic mass is 10.2. The van der Waals surface area contributed by atoms with Crippen LogP contribution in [0.3, 0.4) is 0 Å². The van der Waals surface area contributed by atoms with E-state index in [0.717, 1.165) is 11.3 Å². The minimum atomic E-state index is 0.137. The van der Waals surface area contributed by atoms with Crippen LogP contribution in [0, 0.1) is 0 Å². The van der Waals surface area contributed by atoms with E-state index in [1.54, 1.807) is 36.3 Å². The molecule has 0 aliphatic carbocycles. The normalized spacial score (nSPS) is 10.2. The van der Waals surface area contributed by atoms with E-state index in [2.05, 4.69) is 4.98 Å². The topological polar surface area (TPSA) is 59.1 Å². The highest BCUT2D eigenvalue weighted by atomic mass is 32.2. The molecule has 0 fully saturated rings. The molecule has 0 atom stereocenters. The molecule has 0 radical (unpaired) electrons. The average molecular weight is 232 g/mol. The number of thioether (sulfide) groups is 1. The maximum absolute atomic E-state index is 9.29. The van der Waals surface area contributed by atoms with Gasteiger partial charge in [0.1, 0.15) is 5.75 Å². The van der Waals surface area contributed by atoms with Crippen molar-refractivity contribution in [1.82, 2.24) is 4.98 Å². The second-order valence-corrected chi connectivity index (χ2v) is 4.41. The highest BCUT2D eigenvalue weighted by Gasteiger charge is 2.00. The first-order valence-corrected chi connectivity index (χ1v) is 5.84. The van der Waals surface area contributed by atoms with E-state index in [9.17, 15) is 5.11 Å². The first-order valence-electron chi connectivity index (χ1n) is 4.86. The Balaban J connectivity index is 2.03. The van der Waals surface area contributed by atoms with Crippen LogP contribution < -0.4 is 5.73 Å². The summed E-state index contributed by atoms with van der Waals surface area (Å²) in [5, 5.41) is 9.29. The zero-order valence-electron chi connectivity index (χ0n) is 8.63. The molecule has 1 aromatic carbocycles. The molecule has 0 aliphatic rings. The molecule has 0 amide bonds. The molecule has 0 unspecified atom stereocenters. The van der Waals surface area contributed by atoms with Crippen LogP contribution in [0.25, 0.3) is 0 Å². The lowest BCUT2D eigenvalue weighted by molar-refractivity contribution is 0.478. The number of phenolic OH excluding ortho intramolecular Hbond substituents is 1. The van der Waals surface area contributed by atoms with Crippen LogP contribution in [-0.4, -0.2) is 10.1 Å². The number of pyridine rings is 1. The Hall–Kier alpha value is -1.68. The number of aromatic hydroxyl groups is 1. The molecule has 3 N–H and O–H groups in total. The predicted molar refractivity (Wildman–Crippen MR) is 66.3 cm³/mol. The Bertz CT molecular complexity index is 474. The number of nitrogen functional groups attached to an aromatic ring is 1. The highest BCUT2D eigenvalue weighted by Crippen LogP contribution is 2.26. The summed E-state index contributed by atoms with van der Waals surface area (Å²) < 4.78 is 0. The van der Waals surface area contributed by atoms with Crippen molar-refractivity contribution < 1.29 is 5.11 Å². The first-order chi connectivity index (χ1) is 7.75. The molecule has 82 valence electrons. The third-order valence-electron chi connectivity index (χ3n) is 2.15. The zero-order valence-corrected chi connectivity index (χ0v) is 9.45.